The smallest absolute Gasteiger partial charge is 0.0702 e. The second kappa shape index (κ2) is 10.3. The number of benzene rings is 3. The van der Waals surface area contributed by atoms with Gasteiger partial charge in [-0.25, -0.2) is 4.99 Å². The lowest BCUT2D eigenvalue weighted by atomic mass is 10.1. The number of pyridine rings is 1. The zero-order valence-corrected chi connectivity index (χ0v) is 18.4. The van der Waals surface area contributed by atoms with E-state index >= 15 is 0 Å². The van der Waals surface area contributed by atoms with Crippen molar-refractivity contribution in [3.63, 3.8) is 0 Å². The number of allylic oxidation sites excluding steroid dienone is 3. The summed E-state index contributed by atoms with van der Waals surface area (Å²) >= 11 is 0. The van der Waals surface area contributed by atoms with E-state index in [9.17, 15) is 0 Å². The summed E-state index contributed by atoms with van der Waals surface area (Å²) in [6.07, 6.45) is 14.3. The maximum atomic E-state index is 4.79. The maximum absolute atomic E-state index is 4.79. The summed E-state index contributed by atoms with van der Waals surface area (Å²) in [6.45, 7) is 4.09. The second-order valence-corrected chi connectivity index (χ2v) is 7.62. The van der Waals surface area contributed by atoms with Crippen molar-refractivity contribution in [2.24, 2.45) is 4.99 Å². The van der Waals surface area contributed by atoms with Crippen LogP contribution in [0.25, 0.3) is 29.1 Å². The van der Waals surface area contributed by atoms with E-state index in [0.717, 1.165) is 39.0 Å². The molecule has 156 valence electrons. The van der Waals surface area contributed by atoms with Crippen LogP contribution in [0.3, 0.4) is 0 Å². The van der Waals surface area contributed by atoms with Gasteiger partial charge < -0.3 is 0 Å². The maximum Gasteiger partial charge on any atom is 0.0702 e. The van der Waals surface area contributed by atoms with Crippen molar-refractivity contribution in [2.75, 3.05) is 0 Å². The molecule has 0 fully saturated rings. The molecule has 0 saturated heterocycles. The Bertz CT molecular complexity index is 1320. The van der Waals surface area contributed by atoms with Crippen molar-refractivity contribution in [1.82, 2.24) is 4.98 Å². The highest BCUT2D eigenvalue weighted by atomic mass is 14.7. The first-order valence-electron chi connectivity index (χ1n) is 10.8. The number of nitrogens with zero attached hydrogens (tertiary/aromatic N) is 2. The third-order valence-electron chi connectivity index (χ3n) is 5.17. The van der Waals surface area contributed by atoms with Crippen LogP contribution in [0.15, 0.2) is 108 Å². The highest BCUT2D eigenvalue weighted by Gasteiger charge is 1.97. The number of aliphatic imine (C=N–C) groups is 1. The summed E-state index contributed by atoms with van der Waals surface area (Å²) in [4.78, 5) is 9.31. The van der Waals surface area contributed by atoms with Crippen LogP contribution < -0.4 is 0 Å². The predicted molar refractivity (Wildman–Crippen MR) is 139 cm³/mol. The van der Waals surface area contributed by atoms with E-state index in [0.29, 0.717) is 0 Å². The molecule has 0 unspecified atom stereocenters. The zero-order chi connectivity index (χ0) is 22.2. The van der Waals surface area contributed by atoms with Crippen LogP contribution in [0.4, 0.5) is 5.69 Å². The fourth-order valence-electron chi connectivity index (χ4n) is 3.40. The molecule has 0 bridgehead atoms. The third-order valence-corrected chi connectivity index (χ3v) is 5.17. The Hall–Kier alpha value is -4.04. The second-order valence-electron chi connectivity index (χ2n) is 7.62. The van der Waals surface area contributed by atoms with Gasteiger partial charge >= 0.3 is 0 Å². The number of para-hydroxylation sites is 2. The molecule has 0 amide bonds. The van der Waals surface area contributed by atoms with Gasteiger partial charge in [-0.2, -0.15) is 0 Å². The molecule has 2 heteroatoms. The predicted octanol–water partition coefficient (Wildman–Crippen LogP) is 8.08. The minimum Gasteiger partial charge on any atom is -0.256 e. The molecule has 1 aromatic heterocycles. The quantitative estimate of drug-likeness (QED) is 0.293. The summed E-state index contributed by atoms with van der Waals surface area (Å²) < 4.78 is 0. The van der Waals surface area contributed by atoms with E-state index in [1.54, 1.807) is 0 Å². The fourth-order valence-corrected chi connectivity index (χ4v) is 3.40. The third kappa shape index (κ3) is 5.55. The van der Waals surface area contributed by atoms with Crippen molar-refractivity contribution in [2.45, 2.75) is 13.8 Å². The van der Waals surface area contributed by atoms with E-state index in [1.807, 2.05) is 61.7 Å². The molecule has 0 saturated carbocycles. The molecule has 1 heterocycles. The molecule has 4 rings (SSSR count). The molecule has 0 aliphatic rings. The molecule has 32 heavy (non-hydrogen) atoms. The molecule has 0 spiro atoms. The highest BCUT2D eigenvalue weighted by Crippen LogP contribution is 2.19. The Morgan fingerprint density at radius 3 is 2.22 bits per heavy atom. The summed E-state index contributed by atoms with van der Waals surface area (Å²) in [5.74, 6) is 0. The Morgan fingerprint density at radius 1 is 0.750 bits per heavy atom. The van der Waals surface area contributed by atoms with Crippen LogP contribution >= 0.6 is 0 Å². The van der Waals surface area contributed by atoms with E-state index in [2.05, 4.69) is 78.7 Å². The molecule has 0 aliphatic heterocycles. The molecule has 0 N–H and O–H groups in total. The summed E-state index contributed by atoms with van der Waals surface area (Å²) in [5.41, 5.74) is 7.48. The monoisotopic (exact) mass is 414 g/mol. The molecule has 0 radical (unpaired) electrons. The van der Waals surface area contributed by atoms with Gasteiger partial charge in [0.05, 0.1) is 16.9 Å². The van der Waals surface area contributed by atoms with Gasteiger partial charge in [-0.05, 0) is 66.5 Å². The van der Waals surface area contributed by atoms with Gasteiger partial charge in [0, 0.05) is 11.6 Å². The Balaban J connectivity index is 1.48. The van der Waals surface area contributed by atoms with Crippen LogP contribution in [0.1, 0.15) is 29.2 Å². The Kier molecular flexibility index (Phi) is 6.84. The molecular weight excluding hydrogens is 388 g/mol. The molecule has 4 aromatic rings. The average molecular weight is 415 g/mol. The van der Waals surface area contributed by atoms with Crippen LogP contribution in [0.2, 0.25) is 0 Å². The lowest BCUT2D eigenvalue weighted by Crippen LogP contribution is -1.88. The van der Waals surface area contributed by atoms with Gasteiger partial charge in [0.2, 0.25) is 0 Å². The minimum atomic E-state index is 0.926. The fraction of sp³-hybridized carbons (Fsp3) is 0.0667. The highest BCUT2D eigenvalue weighted by molar-refractivity contribution is 6.07. The molecular formula is C30H26N2. The van der Waals surface area contributed by atoms with Gasteiger partial charge in [0.15, 0.2) is 0 Å². The largest absolute Gasteiger partial charge is 0.256 e. The molecule has 2 nitrogen and oxygen atoms in total. The minimum absolute atomic E-state index is 0.926. The van der Waals surface area contributed by atoms with Crippen LogP contribution in [-0.2, 0) is 0 Å². The Morgan fingerprint density at radius 2 is 1.44 bits per heavy atom. The lowest BCUT2D eigenvalue weighted by Gasteiger charge is -2.01. The average Bonchev–Trinajstić information content (AvgIpc) is 2.83. The van der Waals surface area contributed by atoms with E-state index in [4.69, 9.17) is 4.99 Å². The van der Waals surface area contributed by atoms with Gasteiger partial charge in [0.1, 0.15) is 0 Å². The van der Waals surface area contributed by atoms with Crippen molar-refractivity contribution < 1.29 is 0 Å². The van der Waals surface area contributed by atoms with Crippen molar-refractivity contribution in [3.05, 3.63) is 126 Å². The summed E-state index contributed by atoms with van der Waals surface area (Å²) in [7, 11) is 0. The van der Waals surface area contributed by atoms with Gasteiger partial charge in [-0.3, -0.25) is 4.98 Å². The SMILES string of the molecule is CC=CC(/C=C/c1ccc(/C=C/c2cnc3ccccc3c2)cc1)=Nc1ccccc1C. The van der Waals surface area contributed by atoms with E-state index < -0.39 is 0 Å². The van der Waals surface area contributed by atoms with E-state index in [1.165, 1.54) is 5.56 Å². The van der Waals surface area contributed by atoms with Crippen molar-refractivity contribution in [3.8, 4) is 0 Å². The zero-order valence-electron chi connectivity index (χ0n) is 18.4. The molecule has 0 atom stereocenters. The van der Waals surface area contributed by atoms with Gasteiger partial charge in [-0.1, -0.05) is 85.0 Å². The van der Waals surface area contributed by atoms with Gasteiger partial charge in [0.25, 0.3) is 0 Å². The number of aryl methyl sites for hydroxylation is 1. The Labute approximate surface area is 190 Å². The number of hydrogen-bond donors (Lipinski definition) is 0. The van der Waals surface area contributed by atoms with Crippen LogP contribution in [0.5, 0.6) is 0 Å². The normalized spacial score (nSPS) is 12.5. The lowest BCUT2D eigenvalue weighted by molar-refractivity contribution is 1.40. The first-order valence-corrected chi connectivity index (χ1v) is 10.8. The summed E-state index contributed by atoms with van der Waals surface area (Å²) in [6, 6.07) is 27.0. The first-order chi connectivity index (χ1) is 15.7. The van der Waals surface area contributed by atoms with E-state index in [-0.39, 0.29) is 0 Å². The molecule has 3 aromatic carbocycles. The number of aromatic nitrogens is 1. The standard InChI is InChI=1S/C30H26N2/c1-3-8-28(32-29-11-6-4-9-23(29)2)20-19-25-15-13-24(14-16-25)17-18-26-21-27-10-5-7-12-30(27)31-22-26/h3-22H,1-2H3/b8-3?,18-17+,20-19+,32-28?. The first kappa shape index (κ1) is 21.2. The number of fused-ring (bicyclic) bond motifs is 1. The topological polar surface area (TPSA) is 25.2 Å². The number of hydrogen-bond acceptors (Lipinski definition) is 2. The number of rotatable bonds is 6. The molecule has 0 aliphatic carbocycles. The van der Waals surface area contributed by atoms with Crippen molar-refractivity contribution >= 4 is 40.5 Å². The van der Waals surface area contributed by atoms with Crippen LogP contribution in [0, 0.1) is 6.92 Å². The summed E-state index contributed by atoms with van der Waals surface area (Å²) in [5, 5.41) is 1.15. The van der Waals surface area contributed by atoms with Crippen molar-refractivity contribution in [1.29, 1.82) is 0 Å². The van der Waals surface area contributed by atoms with Crippen LogP contribution in [-0.4, -0.2) is 10.7 Å². The van der Waals surface area contributed by atoms with Gasteiger partial charge in [-0.15, -0.1) is 0 Å².